The van der Waals surface area contributed by atoms with E-state index in [1.807, 2.05) is 31.2 Å². The smallest absolute Gasteiger partial charge is 0.196 e. The van der Waals surface area contributed by atoms with Crippen LogP contribution in [0.1, 0.15) is 21.4 Å². The van der Waals surface area contributed by atoms with Crippen LogP contribution in [0.3, 0.4) is 0 Å². The summed E-state index contributed by atoms with van der Waals surface area (Å²) in [5.41, 5.74) is 0.411. The Morgan fingerprint density at radius 3 is 2.62 bits per heavy atom. The van der Waals surface area contributed by atoms with Crippen LogP contribution in [0.4, 0.5) is 17.5 Å². The highest BCUT2D eigenvalue weighted by molar-refractivity contribution is 7.99. The van der Waals surface area contributed by atoms with Gasteiger partial charge in [0.15, 0.2) is 11.0 Å². The van der Waals surface area contributed by atoms with Gasteiger partial charge in [0.2, 0.25) is 0 Å². The lowest BCUT2D eigenvalue weighted by atomic mass is 9.89. The zero-order valence-electron chi connectivity index (χ0n) is 17.7. The molecule has 0 atom stereocenters. The molecule has 1 aliphatic carbocycles. The van der Waals surface area contributed by atoms with Crippen molar-refractivity contribution in [1.82, 2.24) is 20.2 Å². The molecule has 6 rings (SSSR count). The van der Waals surface area contributed by atoms with Crippen molar-refractivity contribution in [2.24, 2.45) is 5.92 Å². The highest BCUT2D eigenvalue weighted by Crippen LogP contribution is 2.45. The second-order valence-corrected chi connectivity index (χ2v) is 9.84. The maximum absolute atomic E-state index is 10.8. The number of aryl methyl sites for hydroxylation is 1. The van der Waals surface area contributed by atoms with Gasteiger partial charge in [-0.3, -0.25) is 5.10 Å². The number of β-amino-alcohol motifs (C(OH)–C–C–N with tert-alkyl or cyclic N) is 1. The molecule has 3 heterocycles. The molecule has 0 bridgehead atoms. The number of fused-ring (bicyclic) bond motifs is 1. The third-order valence-corrected chi connectivity index (χ3v) is 7.03. The summed E-state index contributed by atoms with van der Waals surface area (Å²) in [5, 5.41) is 24.3. The Balaban J connectivity index is 0.00000137. The van der Waals surface area contributed by atoms with Gasteiger partial charge in [-0.15, -0.1) is 0 Å². The molecule has 0 amide bonds. The minimum Gasteiger partial charge on any atom is -0.386 e. The number of aromatic nitrogens is 4. The second-order valence-electron chi connectivity index (χ2n) is 8.80. The van der Waals surface area contributed by atoms with Gasteiger partial charge in [-0.25, -0.2) is 9.97 Å². The second kappa shape index (κ2) is 7.50. The van der Waals surface area contributed by atoms with Gasteiger partial charge in [-0.05, 0) is 60.4 Å². The van der Waals surface area contributed by atoms with Crippen LogP contribution in [0.25, 0.3) is 10.8 Å². The molecule has 32 heavy (non-hydrogen) atoms. The fraction of sp³-hybridized carbons (Fsp3) is 0.292. The Kier molecular flexibility index (Phi) is 4.58. The molecular weight excluding hydrogens is 420 g/mol. The fourth-order valence-corrected chi connectivity index (χ4v) is 5.11. The van der Waals surface area contributed by atoms with Crippen LogP contribution in [0.2, 0.25) is 0 Å². The summed E-state index contributed by atoms with van der Waals surface area (Å²) in [4.78, 5) is 12.8. The lowest BCUT2D eigenvalue weighted by molar-refractivity contribution is -0.00980. The van der Waals surface area contributed by atoms with Crippen LogP contribution in [0.15, 0.2) is 64.6 Å². The zero-order valence-corrected chi connectivity index (χ0v) is 18.6. The van der Waals surface area contributed by atoms with Crippen molar-refractivity contribution in [3.8, 4) is 0 Å². The number of nitrogens with one attached hydrogen (secondary N) is 2. The van der Waals surface area contributed by atoms with Gasteiger partial charge in [0.1, 0.15) is 17.2 Å². The van der Waals surface area contributed by atoms with Crippen molar-refractivity contribution in [3.05, 3.63) is 60.3 Å². The van der Waals surface area contributed by atoms with Gasteiger partial charge < -0.3 is 15.3 Å². The van der Waals surface area contributed by atoms with Gasteiger partial charge in [0.25, 0.3) is 0 Å². The summed E-state index contributed by atoms with van der Waals surface area (Å²) in [6, 6.07) is 18.6. The van der Waals surface area contributed by atoms with E-state index in [0.717, 1.165) is 29.2 Å². The van der Waals surface area contributed by atoms with E-state index in [1.54, 1.807) is 0 Å². The summed E-state index contributed by atoms with van der Waals surface area (Å²) < 4.78 is 0. The first-order valence-electron chi connectivity index (χ1n) is 10.9. The molecule has 2 aromatic heterocycles. The van der Waals surface area contributed by atoms with Crippen molar-refractivity contribution in [2.45, 2.75) is 35.4 Å². The maximum atomic E-state index is 10.8. The number of hydrogen-bond donors (Lipinski definition) is 3. The molecule has 166 valence electrons. The third kappa shape index (κ3) is 3.80. The SMILES string of the molecule is Cc1cc(Nc2cc(N3CC(O)(C4CC4)C3)nc(Sc3ccc4ccccc4c3)n2)n[nH]1.[HH].[HH]. The van der Waals surface area contributed by atoms with Crippen LogP contribution in [0, 0.1) is 12.8 Å². The Morgan fingerprint density at radius 2 is 1.88 bits per heavy atom. The van der Waals surface area contributed by atoms with Crippen LogP contribution in [-0.4, -0.2) is 44.0 Å². The molecule has 4 aromatic rings. The Labute approximate surface area is 193 Å². The largest absolute Gasteiger partial charge is 0.386 e. The lowest BCUT2D eigenvalue weighted by Crippen LogP contribution is -2.63. The van der Waals surface area contributed by atoms with E-state index < -0.39 is 5.60 Å². The first-order valence-corrected chi connectivity index (χ1v) is 11.7. The van der Waals surface area contributed by atoms with Crippen molar-refractivity contribution in [3.63, 3.8) is 0 Å². The van der Waals surface area contributed by atoms with E-state index >= 15 is 0 Å². The first kappa shape index (κ1) is 19.6. The Hall–Kier alpha value is -3.10. The predicted molar refractivity (Wildman–Crippen MR) is 131 cm³/mol. The molecule has 1 saturated carbocycles. The molecule has 3 N–H and O–H groups in total. The van der Waals surface area contributed by atoms with Crippen LogP contribution in [-0.2, 0) is 0 Å². The van der Waals surface area contributed by atoms with Gasteiger partial charge >= 0.3 is 0 Å². The normalized spacial score (nSPS) is 17.4. The van der Waals surface area contributed by atoms with E-state index in [4.69, 9.17) is 9.97 Å². The minimum atomic E-state index is -0.566. The van der Waals surface area contributed by atoms with Gasteiger partial charge in [0, 0.05) is 25.6 Å². The van der Waals surface area contributed by atoms with Gasteiger partial charge in [0.05, 0.1) is 13.1 Å². The average Bonchev–Trinajstić information content (AvgIpc) is 3.54. The predicted octanol–water partition coefficient (Wildman–Crippen LogP) is 5.01. The van der Waals surface area contributed by atoms with Crippen LogP contribution < -0.4 is 10.2 Å². The van der Waals surface area contributed by atoms with E-state index in [9.17, 15) is 5.11 Å². The van der Waals surface area contributed by atoms with E-state index in [-0.39, 0.29) is 2.85 Å². The molecule has 1 aliphatic heterocycles. The summed E-state index contributed by atoms with van der Waals surface area (Å²) in [6.07, 6.45) is 2.25. The number of H-pyrrole nitrogens is 1. The molecular formula is C24H28N6OS. The zero-order chi connectivity index (χ0) is 21.7. The summed E-state index contributed by atoms with van der Waals surface area (Å²) >= 11 is 1.54. The third-order valence-electron chi connectivity index (χ3n) is 6.17. The highest BCUT2D eigenvalue weighted by Gasteiger charge is 2.52. The quantitative estimate of drug-likeness (QED) is 0.357. The number of hydrogen-bond acceptors (Lipinski definition) is 7. The van der Waals surface area contributed by atoms with Crippen LogP contribution in [0.5, 0.6) is 0 Å². The topological polar surface area (TPSA) is 90.0 Å². The molecule has 2 aromatic carbocycles. The average molecular weight is 449 g/mol. The Morgan fingerprint density at radius 1 is 1.06 bits per heavy atom. The highest BCUT2D eigenvalue weighted by atomic mass is 32.2. The molecule has 0 spiro atoms. The maximum Gasteiger partial charge on any atom is 0.196 e. The molecule has 0 unspecified atom stereocenters. The number of nitrogens with zero attached hydrogens (tertiary/aromatic N) is 4. The number of benzene rings is 2. The summed E-state index contributed by atoms with van der Waals surface area (Å²) in [6.45, 7) is 3.20. The Bertz CT molecular complexity index is 1310. The number of rotatable bonds is 6. The van der Waals surface area contributed by atoms with E-state index in [0.29, 0.717) is 35.8 Å². The standard InChI is InChI=1S/C24H24N6OS.2H2/c1-15-10-21(29-28-15)25-20-12-22(30-13-24(31,14-30)18-7-8-18)27-23(26-20)32-19-9-6-16-4-2-3-5-17(16)11-19;;/h2-6,9-12,18,31H,7-8,13-14H2,1H3,(H2,25,26,27,28,29);2*1H. The number of anilines is 3. The number of aliphatic hydroxyl groups is 1. The van der Waals surface area contributed by atoms with Crippen molar-refractivity contribution in [2.75, 3.05) is 23.3 Å². The molecule has 1 saturated heterocycles. The number of aromatic amines is 1. The fourth-order valence-electron chi connectivity index (χ4n) is 4.29. The minimum absolute atomic E-state index is 0. The molecule has 2 fully saturated rings. The van der Waals surface area contributed by atoms with Crippen molar-refractivity contribution in [1.29, 1.82) is 0 Å². The van der Waals surface area contributed by atoms with Crippen molar-refractivity contribution >= 4 is 40.0 Å². The van der Waals surface area contributed by atoms with Crippen molar-refractivity contribution < 1.29 is 7.96 Å². The van der Waals surface area contributed by atoms with Gasteiger partial charge in [-0.1, -0.05) is 30.3 Å². The molecule has 8 heteroatoms. The van der Waals surface area contributed by atoms with Gasteiger partial charge in [-0.2, -0.15) is 5.10 Å². The molecule has 2 aliphatic rings. The van der Waals surface area contributed by atoms with E-state index in [1.165, 1.54) is 22.5 Å². The molecule has 0 radical (unpaired) electrons. The monoisotopic (exact) mass is 448 g/mol. The lowest BCUT2D eigenvalue weighted by Gasteiger charge is -2.47. The van der Waals surface area contributed by atoms with Crippen LogP contribution >= 0.6 is 11.8 Å². The summed E-state index contributed by atoms with van der Waals surface area (Å²) in [5.74, 6) is 2.67. The summed E-state index contributed by atoms with van der Waals surface area (Å²) in [7, 11) is 0. The van der Waals surface area contributed by atoms with E-state index in [2.05, 4.69) is 50.7 Å². The first-order chi connectivity index (χ1) is 15.5. The molecule has 7 nitrogen and oxygen atoms in total.